The lowest BCUT2D eigenvalue weighted by molar-refractivity contribution is -0.118. The Bertz CT molecular complexity index is 823. The van der Waals surface area contributed by atoms with Crippen LogP contribution in [0, 0.1) is 0 Å². The van der Waals surface area contributed by atoms with E-state index in [1.54, 1.807) is 32.9 Å². The van der Waals surface area contributed by atoms with Crippen molar-refractivity contribution in [2.45, 2.75) is 45.3 Å². The van der Waals surface area contributed by atoms with Gasteiger partial charge >= 0.3 is 6.09 Å². The van der Waals surface area contributed by atoms with Gasteiger partial charge in [-0.2, -0.15) is 0 Å². The van der Waals surface area contributed by atoms with Crippen LogP contribution in [-0.2, 0) is 9.53 Å². The molecule has 1 unspecified atom stereocenters. The molecule has 1 aliphatic heterocycles. The topological polar surface area (TPSA) is 70.7 Å². The second-order valence-corrected chi connectivity index (χ2v) is 8.22. The molecule has 0 saturated carbocycles. The highest BCUT2D eigenvalue weighted by Gasteiger charge is 2.26. The Hall–Kier alpha value is -3.02. The summed E-state index contributed by atoms with van der Waals surface area (Å²) >= 11 is 0. The molecular formula is C23H29N3O3. The van der Waals surface area contributed by atoms with E-state index in [1.165, 1.54) is 12.8 Å². The van der Waals surface area contributed by atoms with Crippen molar-refractivity contribution >= 4 is 23.4 Å². The van der Waals surface area contributed by atoms with E-state index in [0.29, 0.717) is 11.3 Å². The van der Waals surface area contributed by atoms with Crippen LogP contribution in [0.15, 0.2) is 54.6 Å². The summed E-state index contributed by atoms with van der Waals surface area (Å²) in [7, 11) is 0. The van der Waals surface area contributed by atoms with Gasteiger partial charge in [-0.25, -0.2) is 4.79 Å². The van der Waals surface area contributed by atoms with E-state index >= 15 is 0 Å². The second-order valence-electron chi connectivity index (χ2n) is 8.22. The van der Waals surface area contributed by atoms with Gasteiger partial charge in [0.25, 0.3) is 5.91 Å². The molecule has 6 heteroatoms. The first kappa shape index (κ1) is 20.7. The Morgan fingerprint density at radius 3 is 2.17 bits per heavy atom. The number of benzene rings is 2. The van der Waals surface area contributed by atoms with Gasteiger partial charge in [0, 0.05) is 24.5 Å². The molecule has 2 aromatic rings. The molecule has 29 heavy (non-hydrogen) atoms. The monoisotopic (exact) mass is 395 g/mol. The fourth-order valence-corrected chi connectivity index (χ4v) is 3.32. The quantitative estimate of drug-likeness (QED) is 0.782. The van der Waals surface area contributed by atoms with E-state index in [9.17, 15) is 9.59 Å². The Morgan fingerprint density at radius 1 is 0.966 bits per heavy atom. The van der Waals surface area contributed by atoms with Crippen LogP contribution in [0.3, 0.4) is 0 Å². The largest absolute Gasteiger partial charge is 0.444 e. The highest BCUT2D eigenvalue weighted by molar-refractivity contribution is 5.97. The molecule has 0 aliphatic carbocycles. The van der Waals surface area contributed by atoms with Crippen molar-refractivity contribution in [3.63, 3.8) is 0 Å². The molecule has 1 aliphatic rings. The van der Waals surface area contributed by atoms with E-state index in [4.69, 9.17) is 4.74 Å². The van der Waals surface area contributed by atoms with Crippen molar-refractivity contribution in [3.05, 3.63) is 60.2 Å². The van der Waals surface area contributed by atoms with E-state index in [2.05, 4.69) is 15.5 Å². The molecule has 1 heterocycles. The normalized spacial score (nSPS) is 14.9. The number of nitrogens with zero attached hydrogens (tertiary/aromatic N) is 1. The Morgan fingerprint density at radius 2 is 1.59 bits per heavy atom. The Labute approximate surface area is 172 Å². The van der Waals surface area contributed by atoms with Crippen molar-refractivity contribution in [1.82, 2.24) is 5.32 Å². The maximum atomic E-state index is 13.0. The summed E-state index contributed by atoms with van der Waals surface area (Å²) in [6, 6.07) is 16.1. The second kappa shape index (κ2) is 8.99. The highest BCUT2D eigenvalue weighted by Crippen LogP contribution is 2.23. The van der Waals surface area contributed by atoms with Crippen molar-refractivity contribution in [2.24, 2.45) is 0 Å². The first-order chi connectivity index (χ1) is 13.8. The molecule has 0 radical (unpaired) electrons. The van der Waals surface area contributed by atoms with Crippen molar-refractivity contribution in [2.75, 3.05) is 23.3 Å². The zero-order chi connectivity index (χ0) is 20.9. The number of amides is 2. The molecule has 154 valence electrons. The number of carbonyl (C=O) groups is 2. The smallest absolute Gasteiger partial charge is 0.408 e. The molecule has 3 rings (SSSR count). The molecule has 2 amide bonds. The summed E-state index contributed by atoms with van der Waals surface area (Å²) in [6.45, 7) is 7.49. The van der Waals surface area contributed by atoms with Crippen molar-refractivity contribution in [1.29, 1.82) is 0 Å². The number of ether oxygens (including phenoxy) is 1. The summed E-state index contributed by atoms with van der Waals surface area (Å²) in [4.78, 5) is 27.6. The number of alkyl carbamates (subject to hydrolysis) is 1. The average molecular weight is 396 g/mol. The zero-order valence-corrected chi connectivity index (χ0v) is 17.3. The van der Waals surface area contributed by atoms with Crippen LogP contribution in [0.25, 0.3) is 0 Å². The molecule has 1 atom stereocenters. The molecule has 0 bridgehead atoms. The minimum absolute atomic E-state index is 0.323. The van der Waals surface area contributed by atoms with E-state index < -0.39 is 17.7 Å². The molecule has 1 fully saturated rings. The van der Waals surface area contributed by atoms with Gasteiger partial charge in [-0.05, 0) is 63.4 Å². The maximum Gasteiger partial charge on any atom is 0.408 e. The molecule has 6 nitrogen and oxygen atoms in total. The number of hydrogen-bond acceptors (Lipinski definition) is 4. The number of rotatable bonds is 5. The summed E-state index contributed by atoms with van der Waals surface area (Å²) in [6.07, 6.45) is 1.80. The van der Waals surface area contributed by atoms with Gasteiger partial charge in [0.15, 0.2) is 0 Å². The summed E-state index contributed by atoms with van der Waals surface area (Å²) in [5, 5.41) is 5.58. The third-order valence-corrected chi connectivity index (χ3v) is 4.66. The summed E-state index contributed by atoms with van der Waals surface area (Å²) in [5.41, 5.74) is 1.88. The van der Waals surface area contributed by atoms with Crippen molar-refractivity contribution < 1.29 is 14.3 Å². The van der Waals surface area contributed by atoms with E-state index in [0.717, 1.165) is 18.8 Å². The fourth-order valence-electron chi connectivity index (χ4n) is 3.32. The van der Waals surface area contributed by atoms with Crippen LogP contribution in [0.2, 0.25) is 0 Å². The molecule has 2 aromatic carbocycles. The van der Waals surface area contributed by atoms with Gasteiger partial charge < -0.3 is 20.3 Å². The lowest BCUT2D eigenvalue weighted by Crippen LogP contribution is -2.40. The molecular weight excluding hydrogens is 366 g/mol. The minimum Gasteiger partial charge on any atom is -0.444 e. The summed E-state index contributed by atoms with van der Waals surface area (Å²) < 4.78 is 5.33. The SMILES string of the molecule is CC(C)(C)OC(=O)NC(C(=O)Nc1ccc(N2CCCC2)cc1)c1ccccc1. The predicted octanol–water partition coefficient (Wildman–Crippen LogP) is 4.49. The van der Waals surface area contributed by atoms with Crippen LogP contribution in [0.4, 0.5) is 16.2 Å². The Kier molecular flexibility index (Phi) is 6.42. The van der Waals surface area contributed by atoms with Gasteiger partial charge in [-0.1, -0.05) is 30.3 Å². The standard InChI is InChI=1S/C23H29N3O3/c1-23(2,3)29-22(28)25-20(17-9-5-4-6-10-17)21(27)24-18-11-13-19(14-12-18)26-15-7-8-16-26/h4-6,9-14,20H,7-8,15-16H2,1-3H3,(H,24,27)(H,25,28). The first-order valence-corrected chi connectivity index (χ1v) is 10.0. The number of anilines is 2. The third kappa shape index (κ3) is 5.98. The molecule has 0 aromatic heterocycles. The maximum absolute atomic E-state index is 13.0. The zero-order valence-electron chi connectivity index (χ0n) is 17.3. The van der Waals surface area contributed by atoms with Gasteiger partial charge in [0.2, 0.25) is 0 Å². The van der Waals surface area contributed by atoms with Gasteiger partial charge in [0.05, 0.1) is 0 Å². The Balaban J connectivity index is 1.71. The van der Waals surface area contributed by atoms with Crippen LogP contribution >= 0.6 is 0 Å². The average Bonchev–Trinajstić information content (AvgIpc) is 3.21. The predicted molar refractivity (Wildman–Crippen MR) is 115 cm³/mol. The van der Waals surface area contributed by atoms with Crippen LogP contribution < -0.4 is 15.5 Å². The third-order valence-electron chi connectivity index (χ3n) is 4.66. The van der Waals surface area contributed by atoms with Gasteiger partial charge in [0.1, 0.15) is 11.6 Å². The summed E-state index contributed by atoms with van der Waals surface area (Å²) in [5.74, 6) is -0.323. The van der Waals surface area contributed by atoms with Crippen LogP contribution in [0.5, 0.6) is 0 Å². The number of nitrogens with one attached hydrogen (secondary N) is 2. The lowest BCUT2D eigenvalue weighted by atomic mass is 10.1. The fraction of sp³-hybridized carbons (Fsp3) is 0.391. The van der Waals surface area contributed by atoms with Gasteiger partial charge in [-0.15, -0.1) is 0 Å². The molecule has 0 spiro atoms. The minimum atomic E-state index is -0.857. The number of carbonyl (C=O) groups excluding carboxylic acids is 2. The molecule has 1 saturated heterocycles. The highest BCUT2D eigenvalue weighted by atomic mass is 16.6. The lowest BCUT2D eigenvalue weighted by Gasteiger charge is -2.23. The van der Waals surface area contributed by atoms with Crippen molar-refractivity contribution in [3.8, 4) is 0 Å². The van der Waals surface area contributed by atoms with Gasteiger partial charge in [-0.3, -0.25) is 4.79 Å². The number of hydrogen-bond donors (Lipinski definition) is 2. The van der Waals surface area contributed by atoms with Crippen LogP contribution in [0.1, 0.15) is 45.2 Å². The first-order valence-electron chi connectivity index (χ1n) is 10.0. The van der Waals surface area contributed by atoms with Crippen LogP contribution in [-0.4, -0.2) is 30.7 Å². The molecule has 2 N–H and O–H groups in total. The van der Waals surface area contributed by atoms with E-state index in [1.807, 2.05) is 42.5 Å². The van der Waals surface area contributed by atoms with E-state index in [-0.39, 0.29) is 5.91 Å².